The average Bonchev–Trinajstić information content (AvgIpc) is 2.93. The highest BCUT2D eigenvalue weighted by atomic mass is 19.4. The van der Waals surface area contributed by atoms with Crippen molar-refractivity contribution in [3.8, 4) is 5.75 Å². The van der Waals surface area contributed by atoms with Crippen molar-refractivity contribution >= 4 is 11.8 Å². The van der Waals surface area contributed by atoms with Gasteiger partial charge in [0, 0.05) is 19.6 Å². The summed E-state index contributed by atoms with van der Waals surface area (Å²) in [5.41, 5.74) is 2.54. The quantitative estimate of drug-likeness (QED) is 0.596. The van der Waals surface area contributed by atoms with Crippen LogP contribution in [0.25, 0.3) is 0 Å². The Bertz CT molecular complexity index is 1030. The fraction of sp³-hybridized carbons (Fsp3) is 0.480. The maximum absolute atomic E-state index is 13.1. The van der Waals surface area contributed by atoms with Gasteiger partial charge in [0.25, 0.3) is 0 Å². The Morgan fingerprint density at radius 1 is 1.03 bits per heavy atom. The van der Waals surface area contributed by atoms with Crippen molar-refractivity contribution in [1.82, 2.24) is 4.90 Å². The molecule has 5 nitrogen and oxygen atoms in total. The van der Waals surface area contributed by atoms with E-state index in [9.17, 15) is 18.0 Å². The molecule has 33 heavy (non-hydrogen) atoms. The number of ether oxygens (including phenoxy) is 2. The monoisotopic (exact) mass is 462 g/mol. The number of alkyl halides is 3. The Hall–Kier alpha value is -2.90. The number of halogens is 3. The van der Waals surface area contributed by atoms with E-state index in [4.69, 9.17) is 9.47 Å². The summed E-state index contributed by atoms with van der Waals surface area (Å²) >= 11 is 0. The second kappa shape index (κ2) is 8.80. The second-order valence-electron chi connectivity index (χ2n) is 9.52. The molecule has 2 aromatic rings. The molecule has 0 fully saturated rings. The van der Waals surface area contributed by atoms with Crippen LogP contribution in [0.1, 0.15) is 43.0 Å². The van der Waals surface area contributed by atoms with Crippen LogP contribution in [0, 0.1) is 0 Å². The SMILES string of the molecule is CC(C)(C)OC(=O)N1CCc2cc3c(cc2CC1)N(Cc1cccc(C(F)(F)F)c1)CCO3. The molecule has 178 valence electrons. The lowest BCUT2D eigenvalue weighted by Crippen LogP contribution is -2.38. The number of carbonyl (C=O) groups excluding carboxylic acids is 1. The van der Waals surface area contributed by atoms with Gasteiger partial charge >= 0.3 is 12.3 Å². The Labute approximate surface area is 192 Å². The molecule has 2 aromatic carbocycles. The molecule has 2 aliphatic heterocycles. The van der Waals surface area contributed by atoms with Gasteiger partial charge in [0.15, 0.2) is 0 Å². The van der Waals surface area contributed by atoms with Crippen LogP contribution >= 0.6 is 0 Å². The van der Waals surface area contributed by atoms with E-state index in [0.717, 1.165) is 28.6 Å². The highest BCUT2D eigenvalue weighted by Gasteiger charge is 2.31. The van der Waals surface area contributed by atoms with Gasteiger partial charge in [0.05, 0.1) is 17.8 Å². The lowest BCUT2D eigenvalue weighted by Gasteiger charge is -2.32. The van der Waals surface area contributed by atoms with E-state index in [1.165, 1.54) is 12.1 Å². The van der Waals surface area contributed by atoms with Crippen molar-refractivity contribution in [1.29, 1.82) is 0 Å². The first-order valence-electron chi connectivity index (χ1n) is 11.2. The number of rotatable bonds is 2. The number of benzene rings is 2. The topological polar surface area (TPSA) is 42.0 Å². The minimum Gasteiger partial charge on any atom is -0.490 e. The highest BCUT2D eigenvalue weighted by Crippen LogP contribution is 2.37. The largest absolute Gasteiger partial charge is 0.490 e. The van der Waals surface area contributed by atoms with Crippen LogP contribution in [0.5, 0.6) is 5.75 Å². The lowest BCUT2D eigenvalue weighted by atomic mass is 10.00. The third kappa shape index (κ3) is 5.54. The van der Waals surface area contributed by atoms with Crippen molar-refractivity contribution in [3.05, 3.63) is 58.7 Å². The zero-order valence-corrected chi connectivity index (χ0v) is 19.2. The first kappa shape index (κ1) is 23.3. The first-order valence-corrected chi connectivity index (χ1v) is 11.2. The molecule has 1 amide bonds. The zero-order chi connectivity index (χ0) is 23.8. The van der Waals surface area contributed by atoms with Crippen LogP contribution in [-0.4, -0.2) is 42.8 Å². The van der Waals surface area contributed by atoms with Crippen LogP contribution < -0.4 is 9.64 Å². The maximum Gasteiger partial charge on any atom is 0.416 e. The number of hydrogen-bond acceptors (Lipinski definition) is 4. The third-order valence-electron chi connectivity index (χ3n) is 5.82. The van der Waals surface area contributed by atoms with E-state index in [1.54, 1.807) is 11.0 Å². The molecule has 4 rings (SSSR count). The Morgan fingerprint density at radius 2 is 1.73 bits per heavy atom. The number of hydrogen-bond donors (Lipinski definition) is 0. The van der Waals surface area contributed by atoms with Crippen molar-refractivity contribution < 1.29 is 27.4 Å². The van der Waals surface area contributed by atoms with Gasteiger partial charge in [-0.2, -0.15) is 13.2 Å². The summed E-state index contributed by atoms with van der Waals surface area (Å²) in [5, 5.41) is 0. The van der Waals surface area contributed by atoms with E-state index < -0.39 is 17.3 Å². The minimum atomic E-state index is -4.36. The Morgan fingerprint density at radius 3 is 2.39 bits per heavy atom. The summed E-state index contributed by atoms with van der Waals surface area (Å²) in [7, 11) is 0. The molecule has 0 saturated heterocycles. The van der Waals surface area contributed by atoms with Crippen LogP contribution in [0.3, 0.4) is 0 Å². The lowest BCUT2D eigenvalue weighted by molar-refractivity contribution is -0.137. The molecular weight excluding hydrogens is 433 g/mol. The molecule has 0 bridgehead atoms. The van der Waals surface area contributed by atoms with Gasteiger partial charge in [0.1, 0.15) is 18.0 Å². The maximum atomic E-state index is 13.1. The molecule has 2 heterocycles. The Kier molecular flexibility index (Phi) is 6.20. The molecular formula is C25H29F3N2O3. The number of anilines is 1. The fourth-order valence-corrected chi connectivity index (χ4v) is 4.23. The molecule has 0 atom stereocenters. The van der Waals surface area contributed by atoms with Crippen LogP contribution in [-0.2, 0) is 30.3 Å². The summed E-state index contributed by atoms with van der Waals surface area (Å²) < 4.78 is 50.8. The van der Waals surface area contributed by atoms with Crippen LogP contribution in [0.15, 0.2) is 36.4 Å². The summed E-state index contributed by atoms with van der Waals surface area (Å²) in [6.07, 6.45) is -3.31. The van der Waals surface area contributed by atoms with Gasteiger partial charge in [-0.1, -0.05) is 12.1 Å². The molecule has 0 saturated carbocycles. The predicted molar refractivity (Wildman–Crippen MR) is 120 cm³/mol. The standard InChI is InChI=1S/C25H29F3N2O3/c1-24(2,3)33-23(31)29-9-7-18-14-21-22(15-19(18)8-10-29)32-12-11-30(21)16-17-5-4-6-20(13-17)25(26,27)28/h4-6,13-15H,7-12,16H2,1-3H3. The second-order valence-corrected chi connectivity index (χ2v) is 9.52. The number of fused-ring (bicyclic) bond motifs is 2. The summed E-state index contributed by atoms with van der Waals surface area (Å²) in [4.78, 5) is 16.3. The molecule has 2 aliphatic rings. The van der Waals surface area contributed by atoms with Gasteiger partial charge in [-0.3, -0.25) is 0 Å². The van der Waals surface area contributed by atoms with Gasteiger partial charge in [-0.05, 0) is 74.6 Å². The van der Waals surface area contributed by atoms with E-state index in [2.05, 4.69) is 11.0 Å². The van der Waals surface area contributed by atoms with E-state index in [-0.39, 0.29) is 6.09 Å². The van der Waals surface area contributed by atoms with Crippen molar-refractivity contribution in [2.75, 3.05) is 31.1 Å². The number of nitrogens with zero attached hydrogens (tertiary/aromatic N) is 2. The fourth-order valence-electron chi connectivity index (χ4n) is 4.23. The van der Waals surface area contributed by atoms with E-state index in [1.807, 2.05) is 26.8 Å². The minimum absolute atomic E-state index is 0.317. The van der Waals surface area contributed by atoms with Gasteiger partial charge < -0.3 is 19.3 Å². The van der Waals surface area contributed by atoms with Crippen LogP contribution in [0.2, 0.25) is 0 Å². The number of amides is 1. The van der Waals surface area contributed by atoms with E-state index >= 15 is 0 Å². The summed E-state index contributed by atoms with van der Waals surface area (Å²) in [6, 6.07) is 9.54. The van der Waals surface area contributed by atoms with Crippen molar-refractivity contribution in [2.45, 2.75) is 51.9 Å². The normalized spacial score (nSPS) is 16.4. The molecule has 0 spiro atoms. The molecule has 0 N–H and O–H groups in total. The smallest absolute Gasteiger partial charge is 0.416 e. The van der Waals surface area contributed by atoms with Crippen molar-refractivity contribution in [3.63, 3.8) is 0 Å². The molecule has 0 aromatic heterocycles. The molecule has 0 unspecified atom stereocenters. The first-order chi connectivity index (χ1) is 15.5. The summed E-state index contributed by atoms with van der Waals surface area (Å²) in [5.74, 6) is 0.734. The number of carbonyl (C=O) groups is 1. The predicted octanol–water partition coefficient (Wildman–Crippen LogP) is 5.44. The third-order valence-corrected chi connectivity index (χ3v) is 5.82. The molecule has 0 aliphatic carbocycles. The molecule has 8 heteroatoms. The average molecular weight is 463 g/mol. The summed E-state index contributed by atoms with van der Waals surface area (Å²) in [6.45, 7) is 8.08. The van der Waals surface area contributed by atoms with E-state index in [0.29, 0.717) is 51.2 Å². The van der Waals surface area contributed by atoms with Crippen molar-refractivity contribution in [2.24, 2.45) is 0 Å². The highest BCUT2D eigenvalue weighted by molar-refractivity contribution is 5.69. The zero-order valence-electron chi connectivity index (χ0n) is 19.2. The van der Waals surface area contributed by atoms with Gasteiger partial charge in [0.2, 0.25) is 0 Å². The van der Waals surface area contributed by atoms with Gasteiger partial charge in [-0.15, -0.1) is 0 Å². The van der Waals surface area contributed by atoms with Crippen LogP contribution in [0.4, 0.5) is 23.7 Å². The Balaban J connectivity index is 1.53. The molecule has 0 radical (unpaired) electrons. The van der Waals surface area contributed by atoms with Gasteiger partial charge in [-0.25, -0.2) is 4.79 Å².